The monoisotopic (exact) mass is 329 g/mol. The predicted molar refractivity (Wildman–Crippen MR) is 88.0 cm³/mol. The van der Waals surface area contributed by atoms with E-state index in [-0.39, 0.29) is 16.9 Å². The van der Waals surface area contributed by atoms with Crippen molar-refractivity contribution in [3.63, 3.8) is 0 Å². The highest BCUT2D eigenvalue weighted by molar-refractivity contribution is 7.89. The van der Waals surface area contributed by atoms with Crippen LogP contribution in [0.1, 0.15) is 45.6 Å². The first-order chi connectivity index (χ1) is 10.3. The summed E-state index contributed by atoms with van der Waals surface area (Å²) in [7, 11) is -2.12. The van der Waals surface area contributed by atoms with E-state index in [0.717, 1.165) is 5.56 Å². The molecule has 0 aliphatic rings. The van der Waals surface area contributed by atoms with Crippen molar-refractivity contribution in [3.8, 4) is 5.75 Å². The number of benzene rings is 1. The lowest BCUT2D eigenvalue weighted by atomic mass is 10.0. The molecular formula is C16H27NO4S. The van der Waals surface area contributed by atoms with Gasteiger partial charge in [0.25, 0.3) is 0 Å². The van der Waals surface area contributed by atoms with E-state index in [2.05, 4.69) is 4.72 Å². The largest absolute Gasteiger partial charge is 0.495 e. The maximum absolute atomic E-state index is 12.5. The van der Waals surface area contributed by atoms with Crippen molar-refractivity contribution in [3.05, 3.63) is 23.8 Å². The molecule has 1 aromatic rings. The van der Waals surface area contributed by atoms with Crippen LogP contribution in [0.25, 0.3) is 0 Å². The van der Waals surface area contributed by atoms with E-state index in [1.54, 1.807) is 12.1 Å². The van der Waals surface area contributed by atoms with Crippen LogP contribution in [0.5, 0.6) is 5.75 Å². The lowest BCUT2D eigenvalue weighted by Gasteiger charge is -2.14. The smallest absolute Gasteiger partial charge is 0.244 e. The first-order valence-corrected chi connectivity index (χ1v) is 9.05. The molecule has 0 atom stereocenters. The molecule has 0 aliphatic heterocycles. The molecule has 0 amide bonds. The van der Waals surface area contributed by atoms with Gasteiger partial charge in [-0.3, -0.25) is 0 Å². The molecule has 0 bridgehead atoms. The third-order valence-electron chi connectivity index (χ3n) is 3.21. The van der Waals surface area contributed by atoms with Crippen LogP contribution in [0.15, 0.2) is 23.1 Å². The maximum Gasteiger partial charge on any atom is 0.244 e. The van der Waals surface area contributed by atoms with Crippen molar-refractivity contribution in [1.82, 2.24) is 4.72 Å². The van der Waals surface area contributed by atoms with Gasteiger partial charge >= 0.3 is 0 Å². The second kappa shape index (κ2) is 8.50. The Labute approximate surface area is 134 Å². The minimum atomic E-state index is -3.59. The first-order valence-electron chi connectivity index (χ1n) is 7.57. The third-order valence-corrected chi connectivity index (χ3v) is 4.69. The molecule has 1 rings (SSSR count). The fourth-order valence-electron chi connectivity index (χ4n) is 1.94. The quantitative estimate of drug-likeness (QED) is 0.708. The number of hydrogen-bond acceptors (Lipinski definition) is 4. The van der Waals surface area contributed by atoms with E-state index in [0.29, 0.717) is 25.3 Å². The Bertz CT molecular complexity index is 568. The van der Waals surface area contributed by atoms with E-state index in [1.165, 1.54) is 7.11 Å². The van der Waals surface area contributed by atoms with Crippen LogP contribution in [-0.2, 0) is 14.8 Å². The van der Waals surface area contributed by atoms with Gasteiger partial charge in [-0.25, -0.2) is 13.1 Å². The molecule has 0 unspecified atom stereocenters. The molecule has 6 heteroatoms. The van der Waals surface area contributed by atoms with Crippen molar-refractivity contribution in [2.45, 2.75) is 51.0 Å². The molecule has 0 spiro atoms. The van der Waals surface area contributed by atoms with Crippen molar-refractivity contribution in [1.29, 1.82) is 0 Å². The molecule has 126 valence electrons. The molecule has 5 nitrogen and oxygen atoms in total. The molecule has 0 aromatic heterocycles. The standard InChI is InChI=1S/C16H27NO4S/c1-12(2)14-7-8-15(20-5)16(11-14)22(18,19)17-9-6-10-21-13(3)4/h7-8,11-13,17H,6,9-10H2,1-5H3. The highest BCUT2D eigenvalue weighted by atomic mass is 32.2. The average Bonchev–Trinajstić information content (AvgIpc) is 2.45. The Morgan fingerprint density at radius 3 is 2.41 bits per heavy atom. The van der Waals surface area contributed by atoms with E-state index in [9.17, 15) is 8.42 Å². The zero-order valence-electron chi connectivity index (χ0n) is 14.0. The molecule has 0 aliphatic carbocycles. The van der Waals surface area contributed by atoms with Gasteiger partial charge < -0.3 is 9.47 Å². The summed E-state index contributed by atoms with van der Waals surface area (Å²) < 4.78 is 38.1. The molecule has 0 saturated carbocycles. The fraction of sp³-hybridized carbons (Fsp3) is 0.625. The van der Waals surface area contributed by atoms with Crippen molar-refractivity contribution in [2.75, 3.05) is 20.3 Å². The summed E-state index contributed by atoms with van der Waals surface area (Å²) in [5.41, 5.74) is 0.962. The van der Waals surface area contributed by atoms with Gasteiger partial charge in [-0.2, -0.15) is 0 Å². The van der Waals surface area contributed by atoms with Crippen molar-refractivity contribution < 1.29 is 17.9 Å². The minimum Gasteiger partial charge on any atom is -0.495 e. The fourth-order valence-corrected chi connectivity index (χ4v) is 3.21. The van der Waals surface area contributed by atoms with Crippen molar-refractivity contribution in [2.24, 2.45) is 0 Å². The second-order valence-corrected chi connectivity index (χ2v) is 7.47. The van der Waals surface area contributed by atoms with Crippen LogP contribution >= 0.6 is 0 Å². The molecule has 0 fully saturated rings. The third kappa shape index (κ3) is 5.59. The number of hydrogen-bond donors (Lipinski definition) is 1. The van der Waals surface area contributed by atoms with E-state index >= 15 is 0 Å². The Balaban J connectivity index is 2.80. The van der Waals surface area contributed by atoms with Crippen molar-refractivity contribution >= 4 is 10.0 Å². The SMILES string of the molecule is COc1ccc(C(C)C)cc1S(=O)(=O)NCCCOC(C)C. The lowest BCUT2D eigenvalue weighted by Crippen LogP contribution is -2.26. The number of methoxy groups -OCH3 is 1. The summed E-state index contributed by atoms with van der Waals surface area (Å²) in [5, 5.41) is 0. The normalized spacial score (nSPS) is 12.1. The lowest BCUT2D eigenvalue weighted by molar-refractivity contribution is 0.0778. The Morgan fingerprint density at radius 2 is 1.86 bits per heavy atom. The molecule has 1 aromatic carbocycles. The van der Waals surface area contributed by atoms with Gasteiger partial charge in [-0.1, -0.05) is 19.9 Å². The van der Waals surface area contributed by atoms with Crippen LogP contribution in [0.2, 0.25) is 0 Å². The minimum absolute atomic E-state index is 0.152. The summed E-state index contributed by atoms with van der Waals surface area (Å²) in [5.74, 6) is 0.606. The van der Waals surface area contributed by atoms with Gasteiger partial charge in [-0.05, 0) is 43.9 Å². The molecule has 22 heavy (non-hydrogen) atoms. The van der Waals surface area contributed by atoms with Crippen LogP contribution < -0.4 is 9.46 Å². The predicted octanol–water partition coefficient (Wildman–Crippen LogP) is 2.91. The Hall–Kier alpha value is -1.11. The summed E-state index contributed by atoms with van der Waals surface area (Å²) in [6, 6.07) is 5.27. The number of nitrogens with one attached hydrogen (secondary N) is 1. The second-order valence-electron chi connectivity index (χ2n) is 5.74. The summed E-state index contributed by atoms with van der Waals surface area (Å²) in [4.78, 5) is 0.186. The van der Waals surface area contributed by atoms with E-state index < -0.39 is 10.0 Å². The molecule has 0 radical (unpaired) electrons. The first kappa shape index (κ1) is 18.9. The van der Waals surface area contributed by atoms with E-state index in [1.807, 2.05) is 33.8 Å². The maximum atomic E-state index is 12.5. The van der Waals surface area contributed by atoms with Crippen LogP contribution in [0.3, 0.4) is 0 Å². The number of rotatable bonds is 9. The molecule has 0 saturated heterocycles. The van der Waals surface area contributed by atoms with Gasteiger partial charge in [-0.15, -0.1) is 0 Å². The van der Waals surface area contributed by atoms with Gasteiger partial charge in [0, 0.05) is 13.2 Å². The molecule has 0 heterocycles. The summed E-state index contributed by atoms with van der Waals surface area (Å²) in [6.07, 6.45) is 0.781. The Morgan fingerprint density at radius 1 is 1.18 bits per heavy atom. The summed E-state index contributed by atoms with van der Waals surface area (Å²) >= 11 is 0. The van der Waals surface area contributed by atoms with Gasteiger partial charge in [0.1, 0.15) is 10.6 Å². The average molecular weight is 329 g/mol. The topological polar surface area (TPSA) is 64.6 Å². The van der Waals surface area contributed by atoms with Gasteiger partial charge in [0.15, 0.2) is 0 Å². The van der Waals surface area contributed by atoms with Crippen LogP contribution in [-0.4, -0.2) is 34.8 Å². The van der Waals surface area contributed by atoms with Gasteiger partial charge in [0.2, 0.25) is 10.0 Å². The molecule has 1 N–H and O–H groups in total. The highest BCUT2D eigenvalue weighted by Crippen LogP contribution is 2.27. The zero-order valence-corrected chi connectivity index (χ0v) is 14.9. The number of sulfonamides is 1. The van der Waals surface area contributed by atoms with Crippen LogP contribution in [0, 0.1) is 0 Å². The highest BCUT2D eigenvalue weighted by Gasteiger charge is 2.20. The Kier molecular flexibility index (Phi) is 7.32. The molecular weight excluding hydrogens is 302 g/mol. The van der Waals surface area contributed by atoms with E-state index in [4.69, 9.17) is 9.47 Å². The van der Waals surface area contributed by atoms with Gasteiger partial charge in [0.05, 0.1) is 13.2 Å². The van der Waals surface area contributed by atoms with Crippen LogP contribution in [0.4, 0.5) is 0 Å². The zero-order chi connectivity index (χ0) is 16.8. The number of ether oxygens (including phenoxy) is 2. The summed E-state index contributed by atoms with van der Waals surface area (Å²) in [6.45, 7) is 8.82.